The van der Waals surface area contributed by atoms with Gasteiger partial charge >= 0.3 is 0 Å². The summed E-state index contributed by atoms with van der Waals surface area (Å²) >= 11 is 0. The molecule has 112 valence electrons. The average molecular weight is 277 g/mol. The summed E-state index contributed by atoms with van der Waals surface area (Å²) in [6, 6.07) is 5.91. The molecule has 0 atom stereocenters. The molecule has 1 saturated carbocycles. The van der Waals surface area contributed by atoms with Gasteiger partial charge in [-0.15, -0.1) is 0 Å². The average Bonchev–Trinajstić information content (AvgIpc) is 2.50. The summed E-state index contributed by atoms with van der Waals surface area (Å²) in [4.78, 5) is 0. The van der Waals surface area contributed by atoms with Crippen LogP contribution >= 0.6 is 0 Å². The molecule has 0 amide bonds. The molecule has 20 heavy (non-hydrogen) atoms. The molecule has 0 radical (unpaired) electrons. The van der Waals surface area contributed by atoms with Gasteiger partial charge in [0.25, 0.3) is 0 Å². The Morgan fingerprint density at radius 2 is 1.80 bits per heavy atom. The van der Waals surface area contributed by atoms with Crippen molar-refractivity contribution in [2.24, 2.45) is 5.73 Å². The van der Waals surface area contributed by atoms with Crippen LogP contribution in [0, 0.1) is 5.82 Å². The second-order valence-corrected chi connectivity index (χ2v) is 6.29. The third kappa shape index (κ3) is 2.90. The third-order valence-electron chi connectivity index (χ3n) is 5.24. The smallest absolute Gasteiger partial charge is 0.126 e. The summed E-state index contributed by atoms with van der Waals surface area (Å²) in [5.41, 5.74) is 8.06. The van der Waals surface area contributed by atoms with E-state index in [4.69, 9.17) is 5.73 Å². The van der Waals surface area contributed by atoms with Crippen LogP contribution in [0.5, 0.6) is 0 Å². The van der Waals surface area contributed by atoms with Crippen LogP contribution in [0.4, 0.5) is 4.39 Å². The monoisotopic (exact) mass is 277 g/mol. The van der Waals surface area contributed by atoms with Crippen LogP contribution in [-0.2, 0) is 5.41 Å². The van der Waals surface area contributed by atoms with Crippen molar-refractivity contribution in [3.63, 3.8) is 0 Å². The standard InChI is InChI=1S/C18H28FN/c1-3-14(4-2)16-9-8-15(12-17(16)19)18(13-20)10-6-5-7-11-18/h8-9,12,14H,3-7,10-11,13,20H2,1-2H3. The van der Waals surface area contributed by atoms with Crippen molar-refractivity contribution in [1.82, 2.24) is 0 Å². The molecule has 0 aliphatic heterocycles. The molecule has 1 aliphatic rings. The van der Waals surface area contributed by atoms with Crippen LogP contribution in [0.2, 0.25) is 0 Å². The van der Waals surface area contributed by atoms with E-state index >= 15 is 0 Å². The van der Waals surface area contributed by atoms with Crippen LogP contribution in [0.1, 0.15) is 75.8 Å². The lowest BCUT2D eigenvalue weighted by Crippen LogP contribution is -2.37. The fourth-order valence-electron chi connectivity index (χ4n) is 3.76. The van der Waals surface area contributed by atoms with Gasteiger partial charge in [-0.1, -0.05) is 45.2 Å². The molecule has 2 rings (SSSR count). The Morgan fingerprint density at radius 3 is 2.30 bits per heavy atom. The second-order valence-electron chi connectivity index (χ2n) is 6.29. The summed E-state index contributed by atoms with van der Waals surface area (Å²) in [7, 11) is 0. The van der Waals surface area contributed by atoms with Gasteiger partial charge in [0, 0.05) is 12.0 Å². The van der Waals surface area contributed by atoms with Crippen LogP contribution in [0.3, 0.4) is 0 Å². The highest BCUT2D eigenvalue weighted by molar-refractivity contribution is 5.33. The van der Waals surface area contributed by atoms with Gasteiger partial charge in [-0.05, 0) is 48.8 Å². The van der Waals surface area contributed by atoms with E-state index in [1.807, 2.05) is 6.07 Å². The molecule has 2 N–H and O–H groups in total. The zero-order chi connectivity index (χ0) is 14.6. The molecule has 0 spiro atoms. The molecule has 1 nitrogen and oxygen atoms in total. The van der Waals surface area contributed by atoms with Crippen LogP contribution < -0.4 is 5.73 Å². The number of halogens is 1. The zero-order valence-electron chi connectivity index (χ0n) is 12.9. The lowest BCUT2D eigenvalue weighted by atomic mass is 9.69. The molecular weight excluding hydrogens is 249 g/mol. The lowest BCUT2D eigenvalue weighted by molar-refractivity contribution is 0.299. The fraction of sp³-hybridized carbons (Fsp3) is 0.667. The number of hydrogen-bond donors (Lipinski definition) is 1. The molecule has 2 heteroatoms. The van der Waals surface area contributed by atoms with Gasteiger partial charge in [0.1, 0.15) is 5.82 Å². The fourth-order valence-corrected chi connectivity index (χ4v) is 3.76. The summed E-state index contributed by atoms with van der Waals surface area (Å²) in [6.07, 6.45) is 7.92. The molecule has 1 aromatic carbocycles. The molecule has 0 saturated heterocycles. The van der Waals surface area contributed by atoms with Gasteiger partial charge in [-0.2, -0.15) is 0 Å². The highest BCUT2D eigenvalue weighted by atomic mass is 19.1. The van der Waals surface area contributed by atoms with Crippen molar-refractivity contribution >= 4 is 0 Å². The lowest BCUT2D eigenvalue weighted by Gasteiger charge is -2.37. The van der Waals surface area contributed by atoms with Crippen LogP contribution in [-0.4, -0.2) is 6.54 Å². The molecule has 1 aromatic rings. The van der Waals surface area contributed by atoms with E-state index in [-0.39, 0.29) is 11.2 Å². The van der Waals surface area contributed by atoms with Crippen molar-refractivity contribution in [2.75, 3.05) is 6.54 Å². The maximum atomic E-state index is 14.5. The topological polar surface area (TPSA) is 26.0 Å². The first kappa shape index (κ1) is 15.5. The summed E-state index contributed by atoms with van der Waals surface area (Å²) in [5.74, 6) is 0.304. The van der Waals surface area contributed by atoms with E-state index in [1.54, 1.807) is 6.07 Å². The van der Waals surface area contributed by atoms with E-state index in [9.17, 15) is 4.39 Å². The Kier molecular flexibility index (Phi) is 5.20. The molecule has 0 bridgehead atoms. The Morgan fingerprint density at radius 1 is 1.15 bits per heavy atom. The predicted octanol–water partition coefficient (Wildman–Crippen LogP) is 4.89. The molecule has 1 aliphatic carbocycles. The molecule has 1 fully saturated rings. The predicted molar refractivity (Wildman–Crippen MR) is 83.5 cm³/mol. The van der Waals surface area contributed by atoms with Crippen LogP contribution in [0.25, 0.3) is 0 Å². The molecule has 0 aromatic heterocycles. The Balaban J connectivity index is 2.32. The highest BCUT2D eigenvalue weighted by Crippen LogP contribution is 2.39. The van der Waals surface area contributed by atoms with Crippen molar-refractivity contribution in [2.45, 2.75) is 70.1 Å². The van der Waals surface area contributed by atoms with Gasteiger partial charge in [0.05, 0.1) is 0 Å². The first-order valence-electron chi connectivity index (χ1n) is 8.17. The molecule has 0 heterocycles. The number of nitrogens with two attached hydrogens (primary N) is 1. The van der Waals surface area contributed by atoms with Gasteiger partial charge in [0.2, 0.25) is 0 Å². The van der Waals surface area contributed by atoms with Gasteiger partial charge < -0.3 is 5.73 Å². The Labute approximate surface area is 122 Å². The van der Waals surface area contributed by atoms with E-state index < -0.39 is 0 Å². The van der Waals surface area contributed by atoms with Gasteiger partial charge in [0.15, 0.2) is 0 Å². The van der Waals surface area contributed by atoms with E-state index in [0.717, 1.165) is 36.8 Å². The largest absolute Gasteiger partial charge is 0.330 e. The van der Waals surface area contributed by atoms with Gasteiger partial charge in [-0.3, -0.25) is 0 Å². The van der Waals surface area contributed by atoms with Crippen molar-refractivity contribution in [3.05, 3.63) is 35.1 Å². The third-order valence-corrected chi connectivity index (χ3v) is 5.24. The molecular formula is C18H28FN. The normalized spacial score (nSPS) is 18.4. The first-order chi connectivity index (χ1) is 9.66. The van der Waals surface area contributed by atoms with E-state index in [0.29, 0.717) is 12.5 Å². The van der Waals surface area contributed by atoms with Crippen LogP contribution in [0.15, 0.2) is 18.2 Å². The Bertz CT molecular complexity index is 431. The summed E-state index contributed by atoms with van der Waals surface area (Å²) in [6.45, 7) is 4.89. The quantitative estimate of drug-likeness (QED) is 0.814. The SMILES string of the molecule is CCC(CC)c1ccc(C2(CN)CCCCC2)cc1F. The minimum Gasteiger partial charge on any atom is -0.330 e. The first-order valence-corrected chi connectivity index (χ1v) is 8.17. The minimum absolute atomic E-state index is 0.0194. The van der Waals surface area contributed by atoms with Gasteiger partial charge in [-0.25, -0.2) is 4.39 Å². The maximum absolute atomic E-state index is 14.5. The Hall–Kier alpha value is -0.890. The minimum atomic E-state index is -0.0328. The number of benzene rings is 1. The van der Waals surface area contributed by atoms with E-state index in [2.05, 4.69) is 19.9 Å². The van der Waals surface area contributed by atoms with Crippen molar-refractivity contribution < 1.29 is 4.39 Å². The summed E-state index contributed by atoms with van der Waals surface area (Å²) in [5, 5.41) is 0. The number of rotatable bonds is 5. The summed E-state index contributed by atoms with van der Waals surface area (Å²) < 4.78 is 14.5. The van der Waals surface area contributed by atoms with E-state index in [1.165, 1.54) is 19.3 Å². The second kappa shape index (κ2) is 6.71. The zero-order valence-corrected chi connectivity index (χ0v) is 12.9. The van der Waals surface area contributed by atoms with Crippen molar-refractivity contribution in [3.8, 4) is 0 Å². The van der Waals surface area contributed by atoms with Crippen molar-refractivity contribution in [1.29, 1.82) is 0 Å². The highest BCUT2D eigenvalue weighted by Gasteiger charge is 2.33. The number of hydrogen-bond acceptors (Lipinski definition) is 1. The maximum Gasteiger partial charge on any atom is 0.126 e. The molecule has 0 unspecified atom stereocenters.